The van der Waals surface area contributed by atoms with E-state index in [4.69, 9.17) is 4.74 Å². The summed E-state index contributed by atoms with van der Waals surface area (Å²) in [5.74, 6) is 1.43. The second-order valence-corrected chi connectivity index (χ2v) is 5.99. The summed E-state index contributed by atoms with van der Waals surface area (Å²) in [4.78, 5) is 12.1. The van der Waals surface area contributed by atoms with E-state index in [0.29, 0.717) is 19.1 Å². The first-order valence-electron chi connectivity index (χ1n) is 7.68. The summed E-state index contributed by atoms with van der Waals surface area (Å²) >= 11 is 0. The first kappa shape index (κ1) is 14.6. The Bertz CT molecular complexity index is 676. The summed E-state index contributed by atoms with van der Waals surface area (Å²) in [6.07, 6.45) is 2.77. The summed E-state index contributed by atoms with van der Waals surface area (Å²) in [5, 5.41) is 7.31. The number of nitrogens with zero attached hydrogens (tertiary/aromatic N) is 2. The quantitative estimate of drug-likeness (QED) is 0.923. The number of fused-ring (bicyclic) bond motifs is 3. The molecule has 0 unspecified atom stereocenters. The minimum absolute atomic E-state index is 0.00415. The fourth-order valence-corrected chi connectivity index (χ4v) is 2.60. The van der Waals surface area contributed by atoms with Gasteiger partial charge in [0.25, 0.3) is 0 Å². The molecule has 1 aromatic carbocycles. The Morgan fingerprint density at radius 2 is 2.23 bits per heavy atom. The molecule has 0 radical (unpaired) electrons. The molecule has 3 rings (SSSR count). The lowest BCUT2D eigenvalue weighted by Gasteiger charge is -2.19. The highest BCUT2D eigenvalue weighted by Gasteiger charge is 2.22. The van der Waals surface area contributed by atoms with Crippen molar-refractivity contribution < 1.29 is 9.53 Å². The number of rotatable bonds is 5. The van der Waals surface area contributed by atoms with Crippen LogP contribution < -0.4 is 10.1 Å². The summed E-state index contributed by atoms with van der Waals surface area (Å²) < 4.78 is 7.47. The molecule has 0 bridgehead atoms. The van der Waals surface area contributed by atoms with Gasteiger partial charge in [-0.1, -0.05) is 26.0 Å². The highest BCUT2D eigenvalue weighted by atomic mass is 16.5. The van der Waals surface area contributed by atoms with Crippen molar-refractivity contribution in [2.75, 3.05) is 6.54 Å². The van der Waals surface area contributed by atoms with Crippen LogP contribution in [-0.2, 0) is 17.9 Å². The summed E-state index contributed by atoms with van der Waals surface area (Å²) in [7, 11) is 0. The van der Waals surface area contributed by atoms with Crippen molar-refractivity contribution in [3.63, 3.8) is 0 Å². The zero-order valence-corrected chi connectivity index (χ0v) is 13.0. The maximum Gasteiger partial charge on any atom is 0.241 e. The molecule has 116 valence electrons. The zero-order valence-electron chi connectivity index (χ0n) is 13.0. The molecule has 0 aliphatic carbocycles. The van der Waals surface area contributed by atoms with Crippen molar-refractivity contribution in [1.82, 2.24) is 15.1 Å². The summed E-state index contributed by atoms with van der Waals surface area (Å²) in [6, 6.07) is 7.86. The van der Waals surface area contributed by atoms with E-state index in [1.165, 1.54) is 0 Å². The Hall–Kier alpha value is -2.30. The van der Waals surface area contributed by atoms with Crippen molar-refractivity contribution in [1.29, 1.82) is 0 Å². The first-order chi connectivity index (χ1) is 10.6. The molecule has 5 heteroatoms. The molecule has 1 amide bonds. The molecule has 0 atom stereocenters. The predicted molar refractivity (Wildman–Crippen MR) is 84.5 cm³/mol. The van der Waals surface area contributed by atoms with Gasteiger partial charge in [0.1, 0.15) is 18.9 Å². The topological polar surface area (TPSA) is 56.2 Å². The Kier molecular flexibility index (Phi) is 4.13. The van der Waals surface area contributed by atoms with E-state index < -0.39 is 0 Å². The average Bonchev–Trinajstić information content (AvgIpc) is 2.90. The highest BCUT2D eigenvalue weighted by molar-refractivity contribution is 5.78. The van der Waals surface area contributed by atoms with E-state index in [2.05, 4.69) is 24.3 Å². The molecule has 1 N–H and O–H groups in total. The second-order valence-electron chi connectivity index (χ2n) is 5.99. The first-order valence-corrected chi connectivity index (χ1v) is 7.68. The number of hydrogen-bond donors (Lipinski definition) is 1. The monoisotopic (exact) mass is 299 g/mol. The van der Waals surface area contributed by atoms with Crippen LogP contribution in [0.4, 0.5) is 0 Å². The van der Waals surface area contributed by atoms with Crippen LogP contribution in [0.5, 0.6) is 5.75 Å². The molecule has 2 heterocycles. The van der Waals surface area contributed by atoms with Crippen molar-refractivity contribution in [3.05, 3.63) is 36.0 Å². The summed E-state index contributed by atoms with van der Waals surface area (Å²) in [6.45, 7) is 5.74. The molecule has 0 fully saturated rings. The minimum Gasteiger partial charge on any atom is -0.488 e. The van der Waals surface area contributed by atoms with E-state index in [9.17, 15) is 4.79 Å². The number of hydrogen-bond acceptors (Lipinski definition) is 3. The molecule has 0 saturated heterocycles. The van der Waals surface area contributed by atoms with E-state index in [0.717, 1.165) is 29.0 Å². The van der Waals surface area contributed by atoms with Crippen molar-refractivity contribution in [2.24, 2.45) is 5.92 Å². The fraction of sp³-hybridized carbons (Fsp3) is 0.412. The second kappa shape index (κ2) is 6.22. The van der Waals surface area contributed by atoms with Crippen LogP contribution in [0, 0.1) is 5.92 Å². The molecule has 0 saturated carbocycles. The molecular weight excluding hydrogens is 278 g/mol. The van der Waals surface area contributed by atoms with Crippen LogP contribution >= 0.6 is 0 Å². The number of para-hydroxylation sites is 1. The average molecular weight is 299 g/mol. The van der Waals surface area contributed by atoms with Gasteiger partial charge >= 0.3 is 0 Å². The third-order valence-electron chi connectivity index (χ3n) is 3.78. The smallest absolute Gasteiger partial charge is 0.241 e. The Morgan fingerprint density at radius 1 is 1.41 bits per heavy atom. The number of carbonyl (C=O) groups is 1. The van der Waals surface area contributed by atoms with Crippen molar-refractivity contribution in [2.45, 2.75) is 33.4 Å². The Labute approximate surface area is 130 Å². The lowest BCUT2D eigenvalue weighted by atomic mass is 10.0. The van der Waals surface area contributed by atoms with Gasteiger partial charge in [0.15, 0.2) is 0 Å². The van der Waals surface area contributed by atoms with Gasteiger partial charge in [-0.3, -0.25) is 9.48 Å². The molecule has 1 aliphatic rings. The third kappa shape index (κ3) is 2.98. The number of carbonyl (C=O) groups excluding carboxylic acids is 1. The Balaban J connectivity index is 1.75. The molecular formula is C17H21N3O2. The standard InChI is InChI=1S/C17H21N3O2/c1-12(2)7-8-18-16(21)10-20-17-13(9-19-20)11-22-15-6-4-3-5-14(15)17/h3-6,9,12H,7-8,10-11H2,1-2H3,(H,18,21). The highest BCUT2D eigenvalue weighted by Crippen LogP contribution is 2.36. The molecule has 5 nitrogen and oxygen atoms in total. The number of amides is 1. The van der Waals surface area contributed by atoms with Gasteiger partial charge in [-0.05, 0) is 24.5 Å². The van der Waals surface area contributed by atoms with Gasteiger partial charge in [-0.15, -0.1) is 0 Å². The van der Waals surface area contributed by atoms with Gasteiger partial charge in [-0.25, -0.2) is 0 Å². The SMILES string of the molecule is CC(C)CCNC(=O)Cn1ncc2c1-c1ccccc1OC2. The van der Waals surface area contributed by atoms with E-state index in [1.807, 2.05) is 24.3 Å². The van der Waals surface area contributed by atoms with E-state index >= 15 is 0 Å². The molecule has 1 aliphatic heterocycles. The van der Waals surface area contributed by atoms with Crippen molar-refractivity contribution in [3.8, 4) is 17.0 Å². The normalized spacial score (nSPS) is 12.5. The third-order valence-corrected chi connectivity index (χ3v) is 3.78. The molecule has 0 spiro atoms. The predicted octanol–water partition coefficient (Wildman–Crippen LogP) is 2.60. The maximum absolute atomic E-state index is 12.1. The fourth-order valence-electron chi connectivity index (χ4n) is 2.60. The molecule has 1 aromatic heterocycles. The number of aromatic nitrogens is 2. The Morgan fingerprint density at radius 3 is 3.05 bits per heavy atom. The number of nitrogens with one attached hydrogen (secondary N) is 1. The summed E-state index contributed by atoms with van der Waals surface area (Å²) in [5.41, 5.74) is 3.01. The molecule has 22 heavy (non-hydrogen) atoms. The zero-order chi connectivity index (χ0) is 15.5. The minimum atomic E-state index is -0.00415. The van der Waals surface area contributed by atoms with Gasteiger partial charge in [0.2, 0.25) is 5.91 Å². The van der Waals surface area contributed by atoms with Gasteiger partial charge < -0.3 is 10.1 Å². The van der Waals surface area contributed by atoms with Gasteiger partial charge in [-0.2, -0.15) is 5.10 Å². The lowest BCUT2D eigenvalue weighted by Crippen LogP contribution is -2.29. The van der Waals surface area contributed by atoms with Crippen LogP contribution in [0.25, 0.3) is 11.3 Å². The van der Waals surface area contributed by atoms with Crippen LogP contribution in [0.2, 0.25) is 0 Å². The van der Waals surface area contributed by atoms with E-state index in [-0.39, 0.29) is 12.5 Å². The van der Waals surface area contributed by atoms with Crippen molar-refractivity contribution >= 4 is 5.91 Å². The number of benzene rings is 1. The largest absolute Gasteiger partial charge is 0.488 e. The van der Waals surface area contributed by atoms with Gasteiger partial charge in [0, 0.05) is 17.7 Å². The van der Waals surface area contributed by atoms with Crippen LogP contribution in [0.1, 0.15) is 25.8 Å². The van der Waals surface area contributed by atoms with Crippen LogP contribution in [-0.4, -0.2) is 22.2 Å². The van der Waals surface area contributed by atoms with Crippen LogP contribution in [0.15, 0.2) is 30.5 Å². The van der Waals surface area contributed by atoms with E-state index in [1.54, 1.807) is 10.9 Å². The molecule has 2 aromatic rings. The van der Waals surface area contributed by atoms with Crippen LogP contribution in [0.3, 0.4) is 0 Å². The number of ether oxygens (including phenoxy) is 1. The van der Waals surface area contributed by atoms with Gasteiger partial charge in [0.05, 0.1) is 11.9 Å². The lowest BCUT2D eigenvalue weighted by molar-refractivity contribution is -0.121. The maximum atomic E-state index is 12.1.